The number of para-hydroxylation sites is 1. The van der Waals surface area contributed by atoms with E-state index in [1.165, 1.54) is 0 Å². The minimum absolute atomic E-state index is 0.0615. The van der Waals surface area contributed by atoms with Gasteiger partial charge in [-0.25, -0.2) is 0 Å². The molecule has 25 heavy (non-hydrogen) atoms. The number of hydrogen-bond donors (Lipinski definition) is 1. The van der Waals surface area contributed by atoms with Gasteiger partial charge in [-0.3, -0.25) is 4.79 Å². The van der Waals surface area contributed by atoms with Crippen molar-refractivity contribution < 1.29 is 14.6 Å². The largest absolute Gasteiger partial charge is 0.507 e. The Bertz CT molecular complexity index is 815. The van der Waals surface area contributed by atoms with Crippen LogP contribution in [0.25, 0.3) is 0 Å². The molecule has 2 aliphatic heterocycles. The Labute approximate surface area is 148 Å². The summed E-state index contributed by atoms with van der Waals surface area (Å²) in [7, 11) is 0. The van der Waals surface area contributed by atoms with Gasteiger partial charge in [0.05, 0.1) is 12.5 Å². The molecule has 2 aromatic rings. The average molecular weight is 337 g/mol. The number of hydrogen-bond acceptors (Lipinski definition) is 3. The number of amides is 1. The number of carbonyl (C=O) groups excluding carboxylic acids is 1. The van der Waals surface area contributed by atoms with Crippen molar-refractivity contribution in [3.63, 3.8) is 0 Å². The predicted octanol–water partition coefficient (Wildman–Crippen LogP) is 4.00. The van der Waals surface area contributed by atoms with Crippen molar-refractivity contribution in [1.82, 2.24) is 0 Å². The lowest BCUT2D eigenvalue weighted by Crippen LogP contribution is -2.30. The minimum atomic E-state index is -0.427. The molecule has 0 fully saturated rings. The summed E-state index contributed by atoms with van der Waals surface area (Å²) in [6.07, 6.45) is 4.05. The highest BCUT2D eigenvalue weighted by atomic mass is 16.5. The molecule has 0 aliphatic carbocycles. The van der Waals surface area contributed by atoms with E-state index < -0.39 is 5.92 Å². The van der Waals surface area contributed by atoms with Gasteiger partial charge in [-0.2, -0.15) is 0 Å². The first-order valence-corrected chi connectivity index (χ1v) is 9.09. The molecule has 0 spiro atoms. The van der Waals surface area contributed by atoms with E-state index >= 15 is 0 Å². The van der Waals surface area contributed by atoms with Gasteiger partial charge in [0, 0.05) is 30.3 Å². The van der Waals surface area contributed by atoms with Gasteiger partial charge in [-0.15, -0.1) is 0 Å². The lowest BCUT2D eigenvalue weighted by atomic mass is 9.90. The lowest BCUT2D eigenvalue weighted by molar-refractivity contribution is -0.118. The molecule has 2 aliphatic rings. The van der Waals surface area contributed by atoms with Gasteiger partial charge in [-0.1, -0.05) is 38.0 Å². The van der Waals surface area contributed by atoms with Crippen LogP contribution in [0.2, 0.25) is 0 Å². The van der Waals surface area contributed by atoms with Gasteiger partial charge in [0.25, 0.3) is 0 Å². The maximum absolute atomic E-state index is 13.2. The number of carbonyl (C=O) groups is 1. The molecule has 0 saturated heterocycles. The number of nitrogens with zero attached hydrogens (tertiary/aromatic N) is 1. The number of phenols is 1. The van der Waals surface area contributed by atoms with Crippen molar-refractivity contribution in [1.29, 1.82) is 0 Å². The molecule has 0 radical (unpaired) electrons. The molecule has 1 N–H and O–H groups in total. The second kappa shape index (κ2) is 6.43. The van der Waals surface area contributed by atoms with Gasteiger partial charge in [0.2, 0.25) is 5.91 Å². The summed E-state index contributed by atoms with van der Waals surface area (Å²) in [5, 5.41) is 10.5. The van der Waals surface area contributed by atoms with Crippen molar-refractivity contribution in [3.8, 4) is 11.5 Å². The third-order valence-corrected chi connectivity index (χ3v) is 5.19. The molecule has 0 bridgehead atoms. The fourth-order valence-electron chi connectivity index (χ4n) is 3.90. The molecule has 1 atom stereocenters. The Morgan fingerprint density at radius 1 is 1.20 bits per heavy atom. The Morgan fingerprint density at radius 3 is 2.88 bits per heavy atom. The summed E-state index contributed by atoms with van der Waals surface area (Å²) in [6, 6.07) is 11.5. The van der Waals surface area contributed by atoms with Crippen LogP contribution < -0.4 is 9.64 Å². The van der Waals surface area contributed by atoms with Crippen molar-refractivity contribution in [2.75, 3.05) is 18.1 Å². The van der Waals surface area contributed by atoms with Crippen LogP contribution in [0.3, 0.4) is 0 Å². The van der Waals surface area contributed by atoms with Crippen LogP contribution in [0.5, 0.6) is 11.5 Å². The monoisotopic (exact) mass is 337 g/mol. The van der Waals surface area contributed by atoms with Crippen LogP contribution in [0, 0.1) is 0 Å². The molecule has 130 valence electrons. The fraction of sp³-hybridized carbons (Fsp3) is 0.381. The second-order valence-corrected chi connectivity index (χ2v) is 6.81. The number of benzene rings is 2. The standard InChI is InChI=1S/C21H23NO3/c1-2-3-6-10-22-17-8-5-4-7-15(17)20(21(22)24)16-12-14-9-11-25-19(14)13-18(16)23/h4-5,7-8,12-13,20,23H,2-3,6,9-11H2,1H3. The third-order valence-electron chi connectivity index (χ3n) is 5.19. The summed E-state index contributed by atoms with van der Waals surface area (Å²) in [5.41, 5.74) is 3.73. The van der Waals surface area contributed by atoms with E-state index in [1.807, 2.05) is 35.2 Å². The van der Waals surface area contributed by atoms with Crippen molar-refractivity contribution in [2.24, 2.45) is 0 Å². The molecule has 2 aromatic carbocycles. The summed E-state index contributed by atoms with van der Waals surface area (Å²) in [6.45, 7) is 3.53. The molecule has 0 aromatic heterocycles. The minimum Gasteiger partial charge on any atom is -0.507 e. The SMILES string of the molecule is CCCCCN1C(=O)C(c2cc3c(cc2O)OCC3)c2ccccc21. The summed E-state index contributed by atoms with van der Waals surface area (Å²) >= 11 is 0. The van der Waals surface area contributed by atoms with Gasteiger partial charge < -0.3 is 14.7 Å². The molecular weight excluding hydrogens is 314 g/mol. The van der Waals surface area contributed by atoms with E-state index in [1.54, 1.807) is 6.07 Å². The highest BCUT2D eigenvalue weighted by molar-refractivity contribution is 6.07. The second-order valence-electron chi connectivity index (χ2n) is 6.81. The zero-order chi connectivity index (χ0) is 17.4. The van der Waals surface area contributed by atoms with Gasteiger partial charge in [0.15, 0.2) is 0 Å². The van der Waals surface area contributed by atoms with E-state index in [4.69, 9.17) is 4.74 Å². The predicted molar refractivity (Wildman–Crippen MR) is 97.5 cm³/mol. The van der Waals surface area contributed by atoms with Crippen LogP contribution in [0.15, 0.2) is 36.4 Å². The van der Waals surface area contributed by atoms with Gasteiger partial charge in [0.1, 0.15) is 11.5 Å². The molecule has 4 nitrogen and oxygen atoms in total. The van der Waals surface area contributed by atoms with Crippen LogP contribution in [0.1, 0.15) is 48.8 Å². The fourth-order valence-corrected chi connectivity index (χ4v) is 3.90. The molecule has 0 saturated carbocycles. The Hall–Kier alpha value is -2.49. The van der Waals surface area contributed by atoms with Crippen LogP contribution in [0.4, 0.5) is 5.69 Å². The van der Waals surface area contributed by atoms with Gasteiger partial charge in [-0.05, 0) is 29.7 Å². The topological polar surface area (TPSA) is 49.8 Å². The van der Waals surface area contributed by atoms with E-state index in [0.29, 0.717) is 12.2 Å². The Kier molecular flexibility index (Phi) is 4.12. The summed E-state index contributed by atoms with van der Waals surface area (Å²) in [4.78, 5) is 15.1. The van der Waals surface area contributed by atoms with Gasteiger partial charge >= 0.3 is 0 Å². The number of rotatable bonds is 5. The molecule has 4 heteroatoms. The highest BCUT2D eigenvalue weighted by Gasteiger charge is 2.39. The average Bonchev–Trinajstić information content (AvgIpc) is 3.17. The molecule has 1 amide bonds. The number of phenolic OH excluding ortho intramolecular Hbond substituents is 1. The third kappa shape index (κ3) is 2.66. The van der Waals surface area contributed by atoms with Crippen molar-refractivity contribution >= 4 is 11.6 Å². The van der Waals surface area contributed by atoms with Crippen LogP contribution in [-0.4, -0.2) is 24.2 Å². The summed E-state index contributed by atoms with van der Waals surface area (Å²) < 4.78 is 5.52. The molecular formula is C21H23NO3. The lowest BCUT2D eigenvalue weighted by Gasteiger charge is -2.18. The Morgan fingerprint density at radius 2 is 2.04 bits per heavy atom. The van der Waals surface area contributed by atoms with E-state index in [0.717, 1.165) is 54.8 Å². The quantitative estimate of drug-likeness (QED) is 0.839. The van der Waals surface area contributed by atoms with E-state index in [2.05, 4.69) is 6.92 Å². The maximum Gasteiger partial charge on any atom is 0.239 e. The first-order valence-electron chi connectivity index (χ1n) is 9.09. The zero-order valence-corrected chi connectivity index (χ0v) is 14.5. The molecule has 4 rings (SSSR count). The number of ether oxygens (including phenoxy) is 1. The zero-order valence-electron chi connectivity index (χ0n) is 14.5. The van der Waals surface area contributed by atoms with Crippen molar-refractivity contribution in [2.45, 2.75) is 38.5 Å². The number of unbranched alkanes of at least 4 members (excludes halogenated alkanes) is 2. The maximum atomic E-state index is 13.2. The smallest absolute Gasteiger partial charge is 0.239 e. The normalized spacial score (nSPS) is 18.2. The number of fused-ring (bicyclic) bond motifs is 2. The summed E-state index contributed by atoms with van der Waals surface area (Å²) in [5.74, 6) is 0.513. The van der Waals surface area contributed by atoms with E-state index in [9.17, 15) is 9.90 Å². The highest BCUT2D eigenvalue weighted by Crippen LogP contribution is 2.45. The number of anilines is 1. The Balaban J connectivity index is 1.74. The molecule has 1 unspecified atom stereocenters. The van der Waals surface area contributed by atoms with Crippen LogP contribution >= 0.6 is 0 Å². The number of aromatic hydroxyl groups is 1. The molecule has 2 heterocycles. The first-order chi connectivity index (χ1) is 12.2. The van der Waals surface area contributed by atoms with Crippen LogP contribution in [-0.2, 0) is 11.2 Å². The first kappa shape index (κ1) is 16.0. The van der Waals surface area contributed by atoms with E-state index in [-0.39, 0.29) is 11.7 Å². The van der Waals surface area contributed by atoms with Crippen molar-refractivity contribution in [3.05, 3.63) is 53.1 Å².